The lowest BCUT2D eigenvalue weighted by molar-refractivity contribution is -0.144. The predicted molar refractivity (Wildman–Crippen MR) is 65.5 cm³/mol. The van der Waals surface area contributed by atoms with Crippen molar-refractivity contribution in [1.29, 1.82) is 0 Å². The van der Waals surface area contributed by atoms with E-state index in [0.29, 0.717) is 19.6 Å². The summed E-state index contributed by atoms with van der Waals surface area (Å²) in [5.74, 6) is 0.140. The van der Waals surface area contributed by atoms with E-state index >= 15 is 0 Å². The summed E-state index contributed by atoms with van der Waals surface area (Å²) in [4.78, 5) is 24.9. The zero-order chi connectivity index (χ0) is 12.7. The Bertz CT molecular complexity index is 259. The van der Waals surface area contributed by atoms with Gasteiger partial charge in [0.25, 0.3) is 0 Å². The molecule has 0 aromatic heterocycles. The van der Waals surface area contributed by atoms with E-state index in [9.17, 15) is 9.59 Å². The molecule has 0 unspecified atom stereocenters. The number of hydrogen-bond acceptors (Lipinski definition) is 3. The minimum absolute atomic E-state index is 0.177. The van der Waals surface area contributed by atoms with Gasteiger partial charge in [0.15, 0.2) is 0 Å². The first-order chi connectivity index (χ1) is 8.15. The number of ether oxygens (including phenoxy) is 1. The van der Waals surface area contributed by atoms with E-state index in [2.05, 4.69) is 0 Å². The van der Waals surface area contributed by atoms with Gasteiger partial charge in [0.1, 0.15) is 0 Å². The van der Waals surface area contributed by atoms with Gasteiger partial charge < -0.3 is 9.64 Å². The molecule has 0 N–H and O–H groups in total. The first kappa shape index (κ1) is 14.0. The second-order valence-corrected chi connectivity index (χ2v) is 4.65. The van der Waals surface area contributed by atoms with Crippen LogP contribution in [0.2, 0.25) is 0 Å². The average molecular weight is 241 g/mol. The number of rotatable bonds is 5. The van der Waals surface area contributed by atoms with Gasteiger partial charge in [0, 0.05) is 19.5 Å². The topological polar surface area (TPSA) is 46.6 Å². The van der Waals surface area contributed by atoms with Crippen molar-refractivity contribution >= 4 is 11.9 Å². The number of esters is 1. The quantitative estimate of drug-likeness (QED) is 0.691. The molecule has 17 heavy (non-hydrogen) atoms. The number of amides is 1. The zero-order valence-electron chi connectivity index (χ0n) is 10.9. The fourth-order valence-electron chi connectivity index (χ4n) is 2.26. The molecule has 4 nitrogen and oxygen atoms in total. The molecule has 98 valence electrons. The highest BCUT2D eigenvalue weighted by molar-refractivity contribution is 5.79. The van der Waals surface area contributed by atoms with E-state index in [4.69, 9.17) is 4.74 Å². The van der Waals surface area contributed by atoms with Gasteiger partial charge in [-0.2, -0.15) is 0 Å². The van der Waals surface area contributed by atoms with Gasteiger partial charge in [-0.05, 0) is 19.8 Å². The molecule has 4 heteroatoms. The monoisotopic (exact) mass is 241 g/mol. The molecule has 0 aliphatic heterocycles. The van der Waals surface area contributed by atoms with Crippen LogP contribution in [0.1, 0.15) is 45.4 Å². The van der Waals surface area contributed by atoms with Crippen LogP contribution in [-0.2, 0) is 14.3 Å². The Labute approximate surface area is 103 Å². The average Bonchev–Trinajstić information content (AvgIpc) is 2.36. The van der Waals surface area contributed by atoms with E-state index in [1.54, 1.807) is 18.9 Å². The summed E-state index contributed by atoms with van der Waals surface area (Å²) in [6, 6.07) is 0. The molecule has 1 amide bonds. The van der Waals surface area contributed by atoms with Crippen molar-refractivity contribution < 1.29 is 14.3 Å². The highest BCUT2D eigenvalue weighted by Gasteiger charge is 2.24. The van der Waals surface area contributed by atoms with Gasteiger partial charge in [-0.15, -0.1) is 0 Å². The summed E-state index contributed by atoms with van der Waals surface area (Å²) >= 11 is 0. The molecule has 0 aromatic carbocycles. The third kappa shape index (κ3) is 4.75. The third-order valence-electron chi connectivity index (χ3n) is 3.29. The molecule has 1 rings (SSSR count). The van der Waals surface area contributed by atoms with Crippen molar-refractivity contribution in [3.63, 3.8) is 0 Å². The number of carbonyl (C=O) groups is 2. The van der Waals surface area contributed by atoms with Gasteiger partial charge in [-0.3, -0.25) is 9.59 Å². The maximum Gasteiger partial charge on any atom is 0.307 e. The van der Waals surface area contributed by atoms with Crippen LogP contribution in [-0.4, -0.2) is 37.0 Å². The van der Waals surface area contributed by atoms with Crippen molar-refractivity contribution in [3.05, 3.63) is 0 Å². The fourth-order valence-corrected chi connectivity index (χ4v) is 2.26. The summed E-state index contributed by atoms with van der Waals surface area (Å²) in [6.07, 6.45) is 5.86. The Balaban J connectivity index is 2.28. The van der Waals surface area contributed by atoms with Gasteiger partial charge in [0.05, 0.1) is 13.0 Å². The summed E-state index contributed by atoms with van der Waals surface area (Å²) in [5.41, 5.74) is 0. The lowest BCUT2D eigenvalue weighted by Gasteiger charge is -2.26. The Hall–Kier alpha value is -1.06. The summed E-state index contributed by atoms with van der Waals surface area (Å²) in [6.45, 7) is 2.65. The van der Waals surface area contributed by atoms with Crippen LogP contribution in [0.5, 0.6) is 0 Å². The first-order valence-corrected chi connectivity index (χ1v) is 6.55. The minimum atomic E-state index is -0.226. The van der Waals surface area contributed by atoms with Crippen molar-refractivity contribution in [2.45, 2.75) is 45.4 Å². The van der Waals surface area contributed by atoms with Crippen molar-refractivity contribution in [3.8, 4) is 0 Å². The highest BCUT2D eigenvalue weighted by atomic mass is 16.5. The van der Waals surface area contributed by atoms with E-state index in [-0.39, 0.29) is 17.8 Å². The first-order valence-electron chi connectivity index (χ1n) is 6.55. The van der Waals surface area contributed by atoms with Crippen LogP contribution >= 0.6 is 0 Å². The normalized spacial score (nSPS) is 16.6. The summed E-state index contributed by atoms with van der Waals surface area (Å²) < 4.78 is 4.84. The smallest absolute Gasteiger partial charge is 0.307 e. The van der Waals surface area contributed by atoms with Gasteiger partial charge in [-0.25, -0.2) is 0 Å². The largest absolute Gasteiger partial charge is 0.466 e. The second-order valence-electron chi connectivity index (χ2n) is 4.65. The standard InChI is InChI=1S/C13H23NO3/c1-3-17-12(15)9-10-14(2)13(16)11-7-5-4-6-8-11/h11H,3-10H2,1-2H3. The van der Waals surface area contributed by atoms with Crippen LogP contribution in [0.4, 0.5) is 0 Å². The summed E-state index contributed by atoms with van der Waals surface area (Å²) in [5, 5.41) is 0. The Kier molecular flexibility index (Phi) is 6.01. The van der Waals surface area contributed by atoms with Crippen LogP contribution < -0.4 is 0 Å². The zero-order valence-corrected chi connectivity index (χ0v) is 10.9. The SMILES string of the molecule is CCOC(=O)CCN(C)C(=O)C1CCCCC1. The van der Waals surface area contributed by atoms with E-state index in [0.717, 1.165) is 25.7 Å². The van der Waals surface area contributed by atoms with Crippen LogP contribution in [0.15, 0.2) is 0 Å². The molecule has 1 aliphatic rings. The van der Waals surface area contributed by atoms with Gasteiger partial charge >= 0.3 is 5.97 Å². The summed E-state index contributed by atoms with van der Waals surface area (Å²) in [7, 11) is 1.77. The maximum atomic E-state index is 12.0. The molecule has 1 aliphatic carbocycles. The third-order valence-corrected chi connectivity index (χ3v) is 3.29. The predicted octanol–water partition coefficient (Wildman–Crippen LogP) is 1.98. The number of nitrogens with zero attached hydrogens (tertiary/aromatic N) is 1. The Morgan fingerprint density at radius 3 is 2.47 bits per heavy atom. The van der Waals surface area contributed by atoms with Crippen molar-refractivity contribution in [2.75, 3.05) is 20.2 Å². The number of carbonyl (C=O) groups excluding carboxylic acids is 2. The molecule has 0 heterocycles. The fraction of sp³-hybridized carbons (Fsp3) is 0.846. The van der Waals surface area contributed by atoms with Crippen molar-refractivity contribution in [2.24, 2.45) is 5.92 Å². The molecule has 0 radical (unpaired) electrons. The molecular formula is C13H23NO3. The highest BCUT2D eigenvalue weighted by Crippen LogP contribution is 2.25. The maximum absolute atomic E-state index is 12.0. The molecule has 0 atom stereocenters. The van der Waals surface area contributed by atoms with Crippen LogP contribution in [0.3, 0.4) is 0 Å². The van der Waals surface area contributed by atoms with Crippen LogP contribution in [0, 0.1) is 5.92 Å². The number of hydrogen-bond donors (Lipinski definition) is 0. The Morgan fingerprint density at radius 2 is 1.88 bits per heavy atom. The van der Waals surface area contributed by atoms with E-state index in [1.165, 1.54) is 6.42 Å². The molecule has 0 spiro atoms. The van der Waals surface area contributed by atoms with Crippen molar-refractivity contribution in [1.82, 2.24) is 4.90 Å². The lowest BCUT2D eigenvalue weighted by Crippen LogP contribution is -2.35. The molecule has 1 fully saturated rings. The second kappa shape index (κ2) is 7.30. The Morgan fingerprint density at radius 1 is 1.24 bits per heavy atom. The molecule has 1 saturated carbocycles. The van der Waals surface area contributed by atoms with E-state index < -0.39 is 0 Å². The van der Waals surface area contributed by atoms with E-state index in [1.807, 2.05) is 0 Å². The lowest BCUT2D eigenvalue weighted by atomic mass is 9.88. The molecule has 0 aromatic rings. The van der Waals surface area contributed by atoms with Gasteiger partial charge in [0.2, 0.25) is 5.91 Å². The minimum Gasteiger partial charge on any atom is -0.466 e. The molecular weight excluding hydrogens is 218 g/mol. The molecule has 0 bridgehead atoms. The molecule has 0 saturated heterocycles. The van der Waals surface area contributed by atoms with Gasteiger partial charge in [-0.1, -0.05) is 19.3 Å². The van der Waals surface area contributed by atoms with Crippen LogP contribution in [0.25, 0.3) is 0 Å².